The van der Waals surface area contributed by atoms with Crippen molar-refractivity contribution in [3.63, 3.8) is 0 Å². The number of rotatable bonds is 1. The molecule has 1 aromatic heterocycles. The minimum Gasteiger partial charge on any atom is -0.321 e. The first-order valence-corrected chi connectivity index (χ1v) is 6.00. The van der Waals surface area contributed by atoms with Crippen molar-refractivity contribution >= 4 is 22.5 Å². The van der Waals surface area contributed by atoms with Gasteiger partial charge in [-0.1, -0.05) is 41.9 Å². The standard InChI is InChI=1S/C15H10ClNO/c16-12-7-4-10(5-8-12)13-3-1-2-11-6-9-14(18)17-15(11)13/h1-9H,(H,17,18). The SMILES string of the molecule is O=c1ccc2cccc(-c3ccc(Cl)cc3)c2[nH]1. The molecule has 0 spiro atoms. The molecule has 0 radical (unpaired) electrons. The molecule has 2 aromatic carbocycles. The van der Waals surface area contributed by atoms with Crippen molar-refractivity contribution in [2.75, 3.05) is 0 Å². The first kappa shape index (κ1) is 11.1. The summed E-state index contributed by atoms with van der Waals surface area (Å²) in [6.07, 6.45) is 0. The molecule has 1 N–H and O–H groups in total. The number of pyridine rings is 1. The third-order valence-electron chi connectivity index (χ3n) is 2.91. The second-order valence-electron chi connectivity index (χ2n) is 4.10. The van der Waals surface area contributed by atoms with Gasteiger partial charge in [0.15, 0.2) is 0 Å². The van der Waals surface area contributed by atoms with Gasteiger partial charge in [-0.2, -0.15) is 0 Å². The average Bonchev–Trinajstić information content (AvgIpc) is 2.39. The number of nitrogens with one attached hydrogen (secondary N) is 1. The van der Waals surface area contributed by atoms with Crippen molar-refractivity contribution in [2.24, 2.45) is 0 Å². The van der Waals surface area contributed by atoms with Gasteiger partial charge >= 0.3 is 0 Å². The lowest BCUT2D eigenvalue weighted by molar-refractivity contribution is 1.31. The number of H-pyrrole nitrogens is 1. The molecule has 0 aliphatic rings. The lowest BCUT2D eigenvalue weighted by Gasteiger charge is -2.06. The third-order valence-corrected chi connectivity index (χ3v) is 3.17. The van der Waals surface area contributed by atoms with Gasteiger partial charge in [-0.25, -0.2) is 0 Å². The lowest BCUT2D eigenvalue weighted by atomic mass is 10.0. The summed E-state index contributed by atoms with van der Waals surface area (Å²) in [5.74, 6) is 0. The lowest BCUT2D eigenvalue weighted by Crippen LogP contribution is -2.03. The molecule has 0 aliphatic carbocycles. The van der Waals surface area contributed by atoms with Crippen LogP contribution in [0.1, 0.15) is 0 Å². The number of benzene rings is 2. The van der Waals surface area contributed by atoms with Crippen LogP contribution in [0.15, 0.2) is 59.4 Å². The first-order valence-electron chi connectivity index (χ1n) is 5.62. The summed E-state index contributed by atoms with van der Waals surface area (Å²) in [6.45, 7) is 0. The Morgan fingerprint density at radius 3 is 2.44 bits per heavy atom. The Bertz CT molecular complexity index is 759. The molecule has 2 nitrogen and oxygen atoms in total. The molecule has 88 valence electrons. The van der Waals surface area contributed by atoms with Crippen molar-refractivity contribution in [2.45, 2.75) is 0 Å². The summed E-state index contributed by atoms with van der Waals surface area (Å²) >= 11 is 5.88. The minimum absolute atomic E-state index is 0.0936. The molecule has 0 bridgehead atoms. The van der Waals surface area contributed by atoms with Gasteiger partial charge in [-0.15, -0.1) is 0 Å². The minimum atomic E-state index is -0.0936. The van der Waals surface area contributed by atoms with Crippen LogP contribution in [-0.4, -0.2) is 4.98 Å². The predicted molar refractivity (Wildman–Crippen MR) is 75.0 cm³/mol. The Balaban J connectivity index is 2.31. The monoisotopic (exact) mass is 255 g/mol. The fraction of sp³-hybridized carbons (Fsp3) is 0. The molecule has 0 amide bonds. The number of halogens is 1. The van der Waals surface area contributed by atoms with E-state index >= 15 is 0 Å². The largest absolute Gasteiger partial charge is 0.321 e. The van der Waals surface area contributed by atoms with Crippen molar-refractivity contribution in [1.29, 1.82) is 0 Å². The predicted octanol–water partition coefficient (Wildman–Crippen LogP) is 3.85. The van der Waals surface area contributed by atoms with Crippen molar-refractivity contribution in [3.05, 3.63) is 70.0 Å². The van der Waals surface area contributed by atoms with Gasteiger partial charge < -0.3 is 4.98 Å². The molecule has 3 aromatic rings. The second kappa shape index (κ2) is 4.31. The highest BCUT2D eigenvalue weighted by atomic mass is 35.5. The van der Waals surface area contributed by atoms with Gasteiger partial charge in [0.25, 0.3) is 0 Å². The van der Waals surface area contributed by atoms with Gasteiger partial charge in [0, 0.05) is 16.7 Å². The van der Waals surface area contributed by atoms with E-state index in [4.69, 9.17) is 11.6 Å². The van der Waals surface area contributed by atoms with E-state index in [2.05, 4.69) is 4.98 Å². The van der Waals surface area contributed by atoms with E-state index in [-0.39, 0.29) is 5.56 Å². The highest BCUT2D eigenvalue weighted by molar-refractivity contribution is 6.30. The van der Waals surface area contributed by atoms with Crippen molar-refractivity contribution < 1.29 is 0 Å². The molecular formula is C15H10ClNO. The quantitative estimate of drug-likeness (QED) is 0.704. The molecule has 3 rings (SSSR count). The van der Waals surface area contributed by atoms with E-state index in [9.17, 15) is 4.79 Å². The van der Waals surface area contributed by atoms with E-state index < -0.39 is 0 Å². The molecule has 0 aliphatic heterocycles. The number of hydrogen-bond acceptors (Lipinski definition) is 1. The summed E-state index contributed by atoms with van der Waals surface area (Å²) in [5, 5.41) is 1.72. The zero-order valence-corrected chi connectivity index (χ0v) is 10.2. The highest BCUT2D eigenvalue weighted by Crippen LogP contribution is 2.27. The molecule has 0 saturated carbocycles. The molecule has 0 fully saturated rings. The summed E-state index contributed by atoms with van der Waals surface area (Å²) < 4.78 is 0. The van der Waals surface area contributed by atoms with Crippen LogP contribution >= 0.6 is 11.6 Å². The molecule has 18 heavy (non-hydrogen) atoms. The van der Waals surface area contributed by atoms with Crippen molar-refractivity contribution in [1.82, 2.24) is 4.98 Å². The van der Waals surface area contributed by atoms with E-state index in [0.717, 1.165) is 22.0 Å². The van der Waals surface area contributed by atoms with Gasteiger partial charge in [-0.05, 0) is 29.1 Å². The van der Waals surface area contributed by atoms with E-state index in [0.29, 0.717) is 5.02 Å². The van der Waals surface area contributed by atoms with Gasteiger partial charge in [0.1, 0.15) is 0 Å². The van der Waals surface area contributed by atoms with Gasteiger partial charge in [-0.3, -0.25) is 4.79 Å². The Hall–Kier alpha value is -2.06. The van der Waals surface area contributed by atoms with Crippen LogP contribution in [0.25, 0.3) is 22.0 Å². The molecular weight excluding hydrogens is 246 g/mol. The molecule has 1 heterocycles. The summed E-state index contributed by atoms with van der Waals surface area (Å²) in [5.41, 5.74) is 2.80. The summed E-state index contributed by atoms with van der Waals surface area (Å²) in [7, 11) is 0. The van der Waals surface area contributed by atoms with E-state index in [1.807, 2.05) is 48.5 Å². The molecule has 3 heteroatoms. The first-order chi connectivity index (χ1) is 8.74. The Morgan fingerprint density at radius 2 is 1.67 bits per heavy atom. The summed E-state index contributed by atoms with van der Waals surface area (Å²) in [6, 6.07) is 16.9. The fourth-order valence-corrected chi connectivity index (χ4v) is 2.17. The molecule has 0 saturated heterocycles. The maximum atomic E-state index is 11.4. The Morgan fingerprint density at radius 1 is 0.889 bits per heavy atom. The van der Waals surface area contributed by atoms with Crippen LogP contribution in [0.2, 0.25) is 5.02 Å². The fourth-order valence-electron chi connectivity index (χ4n) is 2.05. The second-order valence-corrected chi connectivity index (χ2v) is 4.54. The van der Waals surface area contributed by atoms with E-state index in [1.54, 1.807) is 0 Å². The van der Waals surface area contributed by atoms with Crippen molar-refractivity contribution in [3.8, 4) is 11.1 Å². The maximum Gasteiger partial charge on any atom is 0.248 e. The number of hydrogen-bond donors (Lipinski definition) is 1. The number of para-hydroxylation sites is 1. The highest BCUT2D eigenvalue weighted by Gasteiger charge is 2.04. The average molecular weight is 256 g/mol. The number of aromatic amines is 1. The van der Waals surface area contributed by atoms with Gasteiger partial charge in [0.05, 0.1) is 5.52 Å². The van der Waals surface area contributed by atoms with Crippen LogP contribution in [-0.2, 0) is 0 Å². The number of aromatic nitrogens is 1. The zero-order valence-electron chi connectivity index (χ0n) is 9.48. The third kappa shape index (κ3) is 1.91. The number of fused-ring (bicyclic) bond motifs is 1. The Kier molecular flexibility index (Phi) is 2.65. The smallest absolute Gasteiger partial charge is 0.248 e. The molecule has 0 unspecified atom stereocenters. The molecule has 0 atom stereocenters. The van der Waals surface area contributed by atoms with Crippen LogP contribution in [0, 0.1) is 0 Å². The van der Waals surface area contributed by atoms with Crippen LogP contribution < -0.4 is 5.56 Å². The summed E-state index contributed by atoms with van der Waals surface area (Å²) in [4.78, 5) is 14.3. The topological polar surface area (TPSA) is 32.9 Å². The Labute approximate surface area is 109 Å². The van der Waals surface area contributed by atoms with Crippen LogP contribution in [0.3, 0.4) is 0 Å². The zero-order chi connectivity index (χ0) is 12.5. The van der Waals surface area contributed by atoms with Gasteiger partial charge in [0.2, 0.25) is 5.56 Å². The van der Waals surface area contributed by atoms with Crippen LogP contribution in [0.5, 0.6) is 0 Å². The normalized spacial score (nSPS) is 10.7. The van der Waals surface area contributed by atoms with Crippen LogP contribution in [0.4, 0.5) is 0 Å². The maximum absolute atomic E-state index is 11.4. The van der Waals surface area contributed by atoms with E-state index in [1.165, 1.54) is 6.07 Å².